The van der Waals surface area contributed by atoms with Gasteiger partial charge in [-0.2, -0.15) is 0 Å². The smallest absolute Gasteiger partial charge is 0.0417 e. The van der Waals surface area contributed by atoms with Crippen LogP contribution in [0, 0.1) is 23.7 Å². The van der Waals surface area contributed by atoms with Gasteiger partial charge in [0.2, 0.25) is 0 Å². The second-order valence-corrected chi connectivity index (χ2v) is 6.06. The lowest BCUT2D eigenvalue weighted by Gasteiger charge is -2.21. The van der Waals surface area contributed by atoms with Crippen molar-refractivity contribution in [2.45, 2.75) is 73.6 Å². The highest BCUT2D eigenvalue weighted by Gasteiger charge is 2.13. The minimum Gasteiger partial charge on any atom is -0.0654 e. The highest BCUT2D eigenvalue weighted by Crippen LogP contribution is 2.25. The largest absolute Gasteiger partial charge is 0.0654 e. The van der Waals surface area contributed by atoms with E-state index in [2.05, 4.69) is 41.5 Å². The SMILES string of the molecule is CCCC(C)C(C)CCC(C)CC(C)C. The van der Waals surface area contributed by atoms with Crippen LogP contribution >= 0.6 is 0 Å². The van der Waals surface area contributed by atoms with E-state index in [1.54, 1.807) is 0 Å². The molecule has 0 aromatic heterocycles. The third-order valence-electron chi connectivity index (χ3n) is 3.70. The fourth-order valence-corrected chi connectivity index (χ4v) is 2.49. The fourth-order valence-electron chi connectivity index (χ4n) is 2.49. The molecular formula is C15H32. The number of rotatable bonds is 8. The van der Waals surface area contributed by atoms with Gasteiger partial charge in [-0.15, -0.1) is 0 Å². The Hall–Kier alpha value is 0. The highest BCUT2D eigenvalue weighted by atomic mass is 14.2. The van der Waals surface area contributed by atoms with Gasteiger partial charge in [0, 0.05) is 0 Å². The standard InChI is InChI=1S/C15H32/c1-7-8-14(5)15(6)10-9-13(4)11-12(2)3/h12-15H,7-11H2,1-6H3. The van der Waals surface area contributed by atoms with E-state index < -0.39 is 0 Å². The van der Waals surface area contributed by atoms with Crippen LogP contribution in [0.1, 0.15) is 73.6 Å². The lowest BCUT2D eigenvalue weighted by atomic mass is 9.84. The molecule has 0 saturated carbocycles. The van der Waals surface area contributed by atoms with Gasteiger partial charge in [0.15, 0.2) is 0 Å². The van der Waals surface area contributed by atoms with E-state index in [0.717, 1.165) is 23.7 Å². The van der Waals surface area contributed by atoms with Gasteiger partial charge in [-0.1, -0.05) is 67.2 Å². The summed E-state index contributed by atoms with van der Waals surface area (Å²) in [6, 6.07) is 0. The molecule has 0 rings (SSSR count). The minimum atomic E-state index is 0.864. The summed E-state index contributed by atoms with van der Waals surface area (Å²) in [6.07, 6.45) is 6.99. The lowest BCUT2D eigenvalue weighted by molar-refractivity contribution is 0.300. The Bertz CT molecular complexity index is 137. The van der Waals surface area contributed by atoms with Crippen LogP contribution in [0.3, 0.4) is 0 Å². The zero-order valence-electron chi connectivity index (χ0n) is 11.8. The Morgan fingerprint density at radius 1 is 0.733 bits per heavy atom. The highest BCUT2D eigenvalue weighted by molar-refractivity contribution is 4.64. The summed E-state index contributed by atoms with van der Waals surface area (Å²) in [4.78, 5) is 0. The summed E-state index contributed by atoms with van der Waals surface area (Å²) in [5.41, 5.74) is 0. The van der Waals surface area contributed by atoms with Crippen molar-refractivity contribution in [2.24, 2.45) is 23.7 Å². The molecule has 92 valence electrons. The molecule has 0 aliphatic carbocycles. The molecule has 3 unspecified atom stereocenters. The third kappa shape index (κ3) is 7.88. The first-order valence-electron chi connectivity index (χ1n) is 6.97. The van der Waals surface area contributed by atoms with Gasteiger partial charge in [-0.3, -0.25) is 0 Å². The zero-order valence-corrected chi connectivity index (χ0v) is 11.8. The molecule has 0 fully saturated rings. The van der Waals surface area contributed by atoms with Crippen molar-refractivity contribution in [3.05, 3.63) is 0 Å². The molecule has 0 heterocycles. The summed E-state index contributed by atoms with van der Waals surface area (Å²) in [6.45, 7) is 14.2. The second kappa shape index (κ2) is 8.19. The van der Waals surface area contributed by atoms with Gasteiger partial charge < -0.3 is 0 Å². The summed E-state index contributed by atoms with van der Waals surface area (Å²) < 4.78 is 0. The van der Waals surface area contributed by atoms with Crippen molar-refractivity contribution in [1.29, 1.82) is 0 Å². The van der Waals surface area contributed by atoms with Gasteiger partial charge in [-0.05, 0) is 30.1 Å². The second-order valence-electron chi connectivity index (χ2n) is 6.06. The Kier molecular flexibility index (Phi) is 8.19. The molecule has 0 aliphatic rings. The molecule has 0 amide bonds. The molecule has 0 radical (unpaired) electrons. The van der Waals surface area contributed by atoms with Crippen LogP contribution in [-0.2, 0) is 0 Å². The summed E-state index contributed by atoms with van der Waals surface area (Å²) in [5.74, 6) is 3.62. The Labute approximate surface area is 97.8 Å². The number of hydrogen-bond donors (Lipinski definition) is 0. The maximum Gasteiger partial charge on any atom is -0.0417 e. The molecule has 0 aromatic rings. The minimum absolute atomic E-state index is 0.864. The van der Waals surface area contributed by atoms with E-state index in [0.29, 0.717) is 0 Å². The van der Waals surface area contributed by atoms with Crippen LogP contribution in [0.5, 0.6) is 0 Å². The Morgan fingerprint density at radius 2 is 1.27 bits per heavy atom. The first-order chi connectivity index (χ1) is 6.97. The summed E-state index contributed by atoms with van der Waals surface area (Å²) >= 11 is 0. The molecule has 15 heavy (non-hydrogen) atoms. The molecule has 0 saturated heterocycles. The van der Waals surface area contributed by atoms with E-state index in [1.807, 2.05) is 0 Å². The van der Waals surface area contributed by atoms with Crippen molar-refractivity contribution in [3.63, 3.8) is 0 Å². The number of hydrogen-bond acceptors (Lipinski definition) is 0. The zero-order chi connectivity index (χ0) is 11.8. The van der Waals surface area contributed by atoms with Gasteiger partial charge in [-0.25, -0.2) is 0 Å². The van der Waals surface area contributed by atoms with E-state index in [-0.39, 0.29) is 0 Å². The lowest BCUT2D eigenvalue weighted by Crippen LogP contribution is -2.10. The summed E-state index contributed by atoms with van der Waals surface area (Å²) in [7, 11) is 0. The quantitative estimate of drug-likeness (QED) is 0.497. The first kappa shape index (κ1) is 15.0. The molecule has 0 bridgehead atoms. The molecule has 0 nitrogen and oxygen atoms in total. The predicted octanol–water partition coefficient (Wildman–Crippen LogP) is 5.52. The van der Waals surface area contributed by atoms with Crippen molar-refractivity contribution in [3.8, 4) is 0 Å². The van der Waals surface area contributed by atoms with Gasteiger partial charge in [0.25, 0.3) is 0 Å². The van der Waals surface area contributed by atoms with Crippen LogP contribution < -0.4 is 0 Å². The van der Waals surface area contributed by atoms with Crippen LogP contribution in [-0.4, -0.2) is 0 Å². The van der Waals surface area contributed by atoms with Gasteiger partial charge >= 0.3 is 0 Å². The van der Waals surface area contributed by atoms with Crippen molar-refractivity contribution in [2.75, 3.05) is 0 Å². The van der Waals surface area contributed by atoms with E-state index in [1.165, 1.54) is 32.1 Å². The monoisotopic (exact) mass is 212 g/mol. The van der Waals surface area contributed by atoms with Crippen molar-refractivity contribution in [1.82, 2.24) is 0 Å². The van der Waals surface area contributed by atoms with Gasteiger partial charge in [0.05, 0.1) is 0 Å². The predicted molar refractivity (Wildman–Crippen MR) is 71.1 cm³/mol. The van der Waals surface area contributed by atoms with E-state index >= 15 is 0 Å². The third-order valence-corrected chi connectivity index (χ3v) is 3.70. The van der Waals surface area contributed by atoms with Crippen molar-refractivity contribution >= 4 is 0 Å². The first-order valence-corrected chi connectivity index (χ1v) is 6.97. The Balaban J connectivity index is 3.64. The fraction of sp³-hybridized carbons (Fsp3) is 1.00. The Morgan fingerprint density at radius 3 is 1.73 bits per heavy atom. The average Bonchev–Trinajstić information content (AvgIpc) is 2.13. The summed E-state index contributed by atoms with van der Waals surface area (Å²) in [5, 5.41) is 0. The maximum atomic E-state index is 2.43. The maximum absolute atomic E-state index is 2.43. The molecule has 0 heteroatoms. The molecule has 0 aromatic carbocycles. The molecule has 0 N–H and O–H groups in total. The van der Waals surface area contributed by atoms with Crippen LogP contribution in [0.15, 0.2) is 0 Å². The van der Waals surface area contributed by atoms with Crippen LogP contribution in [0.25, 0.3) is 0 Å². The van der Waals surface area contributed by atoms with E-state index in [4.69, 9.17) is 0 Å². The van der Waals surface area contributed by atoms with Gasteiger partial charge in [0.1, 0.15) is 0 Å². The van der Waals surface area contributed by atoms with Crippen molar-refractivity contribution < 1.29 is 0 Å². The molecular weight excluding hydrogens is 180 g/mol. The van der Waals surface area contributed by atoms with E-state index in [9.17, 15) is 0 Å². The normalized spacial score (nSPS) is 17.8. The van der Waals surface area contributed by atoms with Crippen LogP contribution in [0.4, 0.5) is 0 Å². The molecule has 0 aliphatic heterocycles. The topological polar surface area (TPSA) is 0 Å². The van der Waals surface area contributed by atoms with Crippen LogP contribution in [0.2, 0.25) is 0 Å². The average molecular weight is 212 g/mol. The molecule has 0 spiro atoms. The molecule has 3 atom stereocenters.